The summed E-state index contributed by atoms with van der Waals surface area (Å²) in [6.45, 7) is 3.09. The van der Waals surface area contributed by atoms with Crippen LogP contribution in [0.1, 0.15) is 32.6 Å². The summed E-state index contributed by atoms with van der Waals surface area (Å²) in [5.74, 6) is 1.18. The van der Waals surface area contributed by atoms with Gasteiger partial charge < -0.3 is 19.5 Å². The molecule has 35 heavy (non-hydrogen) atoms. The summed E-state index contributed by atoms with van der Waals surface area (Å²) in [6.07, 6.45) is 5.80. The lowest BCUT2D eigenvalue weighted by molar-refractivity contribution is -0.123. The van der Waals surface area contributed by atoms with Gasteiger partial charge in [0, 0.05) is 49.9 Å². The fraction of sp³-hybridized carbons (Fsp3) is 0.522. The molecule has 3 N–H and O–H groups in total. The van der Waals surface area contributed by atoms with Crippen LogP contribution in [-0.2, 0) is 19.8 Å². The normalized spacial score (nSPS) is 17.2. The van der Waals surface area contributed by atoms with Crippen molar-refractivity contribution in [2.75, 3.05) is 38.8 Å². The van der Waals surface area contributed by atoms with Crippen LogP contribution in [0.2, 0.25) is 0 Å². The van der Waals surface area contributed by atoms with Crippen molar-refractivity contribution in [3.63, 3.8) is 0 Å². The van der Waals surface area contributed by atoms with Crippen LogP contribution in [0.15, 0.2) is 24.4 Å². The van der Waals surface area contributed by atoms with Gasteiger partial charge >= 0.3 is 10.2 Å². The molecule has 0 unspecified atom stereocenters. The van der Waals surface area contributed by atoms with Gasteiger partial charge in [0.05, 0.1) is 19.7 Å². The number of amides is 1. The summed E-state index contributed by atoms with van der Waals surface area (Å²) in [6, 6.07) is 5.90. The van der Waals surface area contributed by atoms with E-state index >= 15 is 0 Å². The highest BCUT2D eigenvalue weighted by Gasteiger charge is 2.50. The summed E-state index contributed by atoms with van der Waals surface area (Å²) in [5, 5.41) is 7.91. The molecule has 192 valence electrons. The number of nitrogens with zero attached hydrogens (tertiary/aromatic N) is 2. The van der Waals surface area contributed by atoms with Gasteiger partial charge in [0.1, 0.15) is 0 Å². The Morgan fingerprint density at radius 1 is 1.23 bits per heavy atom. The highest BCUT2D eigenvalue weighted by molar-refractivity contribution is 7.88. The minimum absolute atomic E-state index is 0.00543. The summed E-state index contributed by atoms with van der Waals surface area (Å²) in [7, 11) is -0.553. The van der Waals surface area contributed by atoms with E-state index in [-0.39, 0.29) is 11.9 Å². The van der Waals surface area contributed by atoms with Gasteiger partial charge in [-0.3, -0.25) is 14.6 Å². The average Bonchev–Trinajstić information content (AvgIpc) is 3.63. The van der Waals surface area contributed by atoms with E-state index in [2.05, 4.69) is 14.6 Å². The van der Waals surface area contributed by atoms with Gasteiger partial charge in [-0.25, -0.2) is 4.72 Å². The highest BCUT2D eigenvalue weighted by atomic mass is 32.2. The number of nitrogens with one attached hydrogen (secondary N) is 2. The van der Waals surface area contributed by atoms with Crippen LogP contribution in [0, 0.1) is 11.3 Å². The van der Waals surface area contributed by atoms with Gasteiger partial charge in [-0.05, 0) is 49.1 Å². The van der Waals surface area contributed by atoms with Crippen molar-refractivity contribution in [1.82, 2.24) is 14.4 Å². The van der Waals surface area contributed by atoms with E-state index in [9.17, 15) is 13.2 Å². The molecule has 11 nitrogen and oxygen atoms in total. The largest absolute Gasteiger partial charge is 0.493 e. The van der Waals surface area contributed by atoms with E-state index in [0.29, 0.717) is 24.0 Å². The second kappa shape index (κ2) is 11.1. The van der Waals surface area contributed by atoms with Crippen molar-refractivity contribution >= 4 is 39.2 Å². The molecule has 1 aromatic carbocycles. The number of piperidine rings is 1. The van der Waals surface area contributed by atoms with Gasteiger partial charge in [-0.15, -0.1) is 0 Å². The standard InChI is InChI=1S/C22H30N4O5S.CH2O2/c1-15(27)25-32(28,29)24-14-22(7-8-22)16-5-10-26(11-6-16)19-4-9-23-18-13-21(31-3)20(30-2)12-17(18)19;2-1-3/h4,9,12-13,16,24H,5-8,10-11,14H2,1-3H3,(H,25,27);1H,(H,2,3). The van der Waals surface area contributed by atoms with Gasteiger partial charge in [0.2, 0.25) is 5.91 Å². The molecule has 2 heterocycles. The summed E-state index contributed by atoms with van der Waals surface area (Å²) < 4.78 is 39.4. The number of hydrogen-bond acceptors (Lipinski definition) is 8. The second-order valence-corrected chi connectivity index (χ2v) is 10.3. The number of carbonyl (C=O) groups excluding carboxylic acids is 1. The molecular formula is C23H32N4O7S. The zero-order valence-corrected chi connectivity index (χ0v) is 20.9. The summed E-state index contributed by atoms with van der Waals surface area (Å²) in [4.78, 5) is 26.3. The third kappa shape index (κ3) is 6.31. The lowest BCUT2D eigenvalue weighted by atomic mass is 9.81. The fourth-order valence-corrected chi connectivity index (χ4v) is 5.75. The maximum Gasteiger partial charge on any atom is 0.301 e. The van der Waals surface area contributed by atoms with Crippen LogP contribution in [0.3, 0.4) is 0 Å². The molecule has 1 saturated heterocycles. The molecule has 1 amide bonds. The number of anilines is 1. The Morgan fingerprint density at radius 2 is 1.83 bits per heavy atom. The van der Waals surface area contributed by atoms with Crippen molar-refractivity contribution in [2.45, 2.75) is 32.6 Å². The van der Waals surface area contributed by atoms with E-state index in [1.54, 1.807) is 14.2 Å². The third-order valence-corrected chi connectivity index (χ3v) is 7.79. The second-order valence-electron chi connectivity index (χ2n) is 8.77. The Hall–Kier alpha value is -3.12. The Morgan fingerprint density at radius 3 is 2.37 bits per heavy atom. The average molecular weight is 509 g/mol. The number of hydrogen-bond donors (Lipinski definition) is 3. The monoisotopic (exact) mass is 508 g/mol. The molecule has 12 heteroatoms. The number of carboxylic acid groups (broad SMARTS) is 1. The van der Waals surface area contributed by atoms with Crippen LogP contribution < -0.4 is 23.8 Å². The Kier molecular flexibility index (Phi) is 8.39. The molecule has 1 aliphatic carbocycles. The van der Waals surface area contributed by atoms with E-state index in [1.165, 1.54) is 6.92 Å². The maximum atomic E-state index is 12.0. The van der Waals surface area contributed by atoms with E-state index in [4.69, 9.17) is 19.4 Å². The topological polar surface area (TPSA) is 147 Å². The lowest BCUT2D eigenvalue weighted by Gasteiger charge is -2.38. The predicted octanol–water partition coefficient (Wildman–Crippen LogP) is 1.92. The Bertz CT molecular complexity index is 1160. The summed E-state index contributed by atoms with van der Waals surface area (Å²) >= 11 is 0. The lowest BCUT2D eigenvalue weighted by Crippen LogP contribution is -2.44. The first-order valence-corrected chi connectivity index (χ1v) is 12.8. The zero-order chi connectivity index (χ0) is 25.6. The molecule has 2 fully saturated rings. The molecule has 0 atom stereocenters. The first-order valence-electron chi connectivity index (χ1n) is 11.3. The number of ether oxygens (including phenoxy) is 2. The van der Waals surface area contributed by atoms with Crippen molar-refractivity contribution in [3.05, 3.63) is 24.4 Å². The zero-order valence-electron chi connectivity index (χ0n) is 20.1. The molecule has 1 aromatic heterocycles. The van der Waals surface area contributed by atoms with E-state index < -0.39 is 16.1 Å². The van der Waals surface area contributed by atoms with Gasteiger partial charge in [-0.2, -0.15) is 13.1 Å². The molecule has 2 aliphatic rings. The Labute approximate surface area is 205 Å². The molecule has 0 spiro atoms. The molecule has 0 bridgehead atoms. The first-order chi connectivity index (χ1) is 16.7. The number of aromatic nitrogens is 1. The quantitative estimate of drug-likeness (QED) is 0.455. The van der Waals surface area contributed by atoms with Gasteiger partial charge in [0.15, 0.2) is 11.5 Å². The maximum absolute atomic E-state index is 12.0. The number of methoxy groups -OCH3 is 2. The molecule has 2 aromatic rings. The van der Waals surface area contributed by atoms with Crippen LogP contribution in [0.25, 0.3) is 10.9 Å². The molecular weight excluding hydrogens is 476 g/mol. The van der Waals surface area contributed by atoms with Crippen LogP contribution >= 0.6 is 0 Å². The van der Waals surface area contributed by atoms with E-state index in [1.807, 2.05) is 29.1 Å². The minimum atomic E-state index is -3.79. The van der Waals surface area contributed by atoms with Crippen molar-refractivity contribution in [3.8, 4) is 11.5 Å². The van der Waals surface area contributed by atoms with E-state index in [0.717, 1.165) is 55.4 Å². The smallest absolute Gasteiger partial charge is 0.301 e. The number of fused-ring (bicyclic) bond motifs is 1. The van der Waals surface area contributed by atoms with Crippen LogP contribution in [-0.4, -0.2) is 64.7 Å². The first kappa shape index (κ1) is 26.5. The molecule has 0 radical (unpaired) electrons. The number of pyridine rings is 1. The number of benzene rings is 1. The van der Waals surface area contributed by atoms with Gasteiger partial charge in [0.25, 0.3) is 6.47 Å². The Balaban J connectivity index is 0.00000108. The highest BCUT2D eigenvalue weighted by Crippen LogP contribution is 2.55. The summed E-state index contributed by atoms with van der Waals surface area (Å²) in [5.41, 5.74) is 1.97. The molecule has 1 aliphatic heterocycles. The van der Waals surface area contributed by atoms with Crippen LogP contribution in [0.4, 0.5) is 5.69 Å². The fourth-order valence-electron chi connectivity index (χ4n) is 4.82. The minimum Gasteiger partial charge on any atom is -0.493 e. The van der Waals surface area contributed by atoms with Crippen LogP contribution in [0.5, 0.6) is 11.5 Å². The third-order valence-electron chi connectivity index (χ3n) is 6.71. The predicted molar refractivity (Wildman–Crippen MR) is 131 cm³/mol. The van der Waals surface area contributed by atoms with Gasteiger partial charge in [-0.1, -0.05) is 0 Å². The molecule has 1 saturated carbocycles. The molecule has 4 rings (SSSR count). The van der Waals surface area contributed by atoms with Crippen molar-refractivity contribution in [1.29, 1.82) is 0 Å². The number of carbonyl (C=O) groups is 2. The van der Waals surface area contributed by atoms with Crippen molar-refractivity contribution in [2.24, 2.45) is 11.3 Å². The van der Waals surface area contributed by atoms with Crippen molar-refractivity contribution < 1.29 is 32.6 Å². The number of rotatable bonds is 8. The SMILES string of the molecule is COc1cc2nccc(N3CCC(C4(CNS(=O)(=O)NC(C)=O)CC4)CC3)c2cc1OC.O=CO.